The first-order chi connectivity index (χ1) is 17.0. The summed E-state index contributed by atoms with van der Waals surface area (Å²) in [6.45, 7) is 3.85. The van der Waals surface area contributed by atoms with Crippen LogP contribution in [0, 0.1) is 6.92 Å². The van der Waals surface area contributed by atoms with E-state index in [9.17, 15) is 9.59 Å². The number of aryl methyl sites for hydroxylation is 1. The molecule has 1 aliphatic rings. The van der Waals surface area contributed by atoms with Gasteiger partial charge in [-0.25, -0.2) is 9.69 Å². The van der Waals surface area contributed by atoms with Crippen molar-refractivity contribution in [3.05, 3.63) is 143 Å². The second-order valence-electron chi connectivity index (χ2n) is 8.99. The van der Waals surface area contributed by atoms with Crippen molar-refractivity contribution in [2.45, 2.75) is 31.4 Å². The van der Waals surface area contributed by atoms with Crippen molar-refractivity contribution in [2.24, 2.45) is 0 Å². The lowest BCUT2D eigenvalue weighted by molar-refractivity contribution is -0.131. The lowest BCUT2D eigenvalue weighted by atomic mass is 9.77. The number of hydrogen-bond donors (Lipinski definition) is 0. The molecule has 0 N–H and O–H groups in total. The number of carbonyl (C=O) groups is 2. The van der Waals surface area contributed by atoms with E-state index in [1.165, 1.54) is 4.90 Å². The van der Waals surface area contributed by atoms with Crippen LogP contribution in [0.2, 0.25) is 0 Å². The van der Waals surface area contributed by atoms with Gasteiger partial charge in [0, 0.05) is 11.1 Å². The van der Waals surface area contributed by atoms with Gasteiger partial charge >= 0.3 is 6.09 Å². The Hall–Kier alpha value is -4.18. The van der Waals surface area contributed by atoms with E-state index in [4.69, 9.17) is 4.74 Å². The molecule has 1 aliphatic heterocycles. The maximum Gasteiger partial charge on any atom is 0.418 e. The number of benzene rings is 4. The smallest absolute Gasteiger partial charge is 0.418 e. The molecule has 4 aromatic carbocycles. The molecule has 1 fully saturated rings. The Labute approximate surface area is 205 Å². The zero-order chi connectivity index (χ0) is 24.4. The van der Waals surface area contributed by atoms with Gasteiger partial charge in [0.25, 0.3) is 0 Å². The Kier molecular flexibility index (Phi) is 5.96. The summed E-state index contributed by atoms with van der Waals surface area (Å²) in [5.41, 5.74) is 3.23. The molecule has 0 radical (unpaired) electrons. The summed E-state index contributed by atoms with van der Waals surface area (Å²) in [6.07, 6.45) is -0.643. The number of ether oxygens (including phenoxy) is 1. The predicted octanol–water partition coefficient (Wildman–Crippen LogP) is 6.76. The highest BCUT2D eigenvalue weighted by Gasteiger charge is 2.59. The Morgan fingerprint density at radius 1 is 0.771 bits per heavy atom. The Morgan fingerprint density at radius 2 is 1.26 bits per heavy atom. The fourth-order valence-electron chi connectivity index (χ4n) is 4.94. The SMILES string of the molecule is Cc1ccc([C@H](C)C(=O)N2C(=O)OC(c3ccccc3)(c3ccccc3)[C@@H]2c2ccccc2)cc1. The van der Waals surface area contributed by atoms with Crippen molar-refractivity contribution in [3.8, 4) is 0 Å². The molecule has 0 bridgehead atoms. The minimum absolute atomic E-state index is 0.290. The third-order valence-corrected chi connectivity index (χ3v) is 6.79. The topological polar surface area (TPSA) is 46.6 Å². The Bertz CT molecular complexity index is 1280. The van der Waals surface area contributed by atoms with Gasteiger partial charge in [0.15, 0.2) is 5.60 Å². The quantitative estimate of drug-likeness (QED) is 0.330. The standard InChI is InChI=1S/C31H27NO3/c1-22-18-20-24(21-19-22)23(2)29(33)32-28(25-12-6-3-7-13-25)31(35-30(32)34,26-14-8-4-9-15-26)27-16-10-5-11-17-27/h3-21,23,28H,1-2H3/t23-,28-/m0/s1. The molecule has 0 spiro atoms. The molecule has 4 aromatic rings. The van der Waals surface area contributed by atoms with Crippen molar-refractivity contribution >= 4 is 12.0 Å². The maximum atomic E-state index is 14.0. The van der Waals surface area contributed by atoms with E-state index in [0.29, 0.717) is 0 Å². The molecule has 0 aromatic heterocycles. The molecule has 1 heterocycles. The number of cyclic esters (lactones) is 1. The van der Waals surface area contributed by atoms with Crippen molar-refractivity contribution in [1.29, 1.82) is 0 Å². The lowest BCUT2D eigenvalue weighted by Gasteiger charge is -2.36. The van der Waals surface area contributed by atoms with Gasteiger partial charge in [-0.15, -0.1) is 0 Å². The lowest BCUT2D eigenvalue weighted by Crippen LogP contribution is -2.41. The van der Waals surface area contributed by atoms with Crippen LogP contribution in [0.5, 0.6) is 0 Å². The van der Waals surface area contributed by atoms with Crippen molar-refractivity contribution in [2.75, 3.05) is 0 Å². The van der Waals surface area contributed by atoms with Gasteiger partial charge in [-0.3, -0.25) is 4.79 Å². The highest BCUT2D eigenvalue weighted by molar-refractivity contribution is 5.98. The van der Waals surface area contributed by atoms with Gasteiger partial charge in [0.1, 0.15) is 6.04 Å². The summed E-state index contributed by atoms with van der Waals surface area (Å²) in [6, 6.07) is 36.2. The van der Waals surface area contributed by atoms with E-state index in [0.717, 1.165) is 27.8 Å². The van der Waals surface area contributed by atoms with E-state index in [1.54, 1.807) is 0 Å². The van der Waals surface area contributed by atoms with Gasteiger partial charge in [-0.05, 0) is 25.0 Å². The third kappa shape index (κ3) is 3.91. The minimum Gasteiger partial charge on any atom is -0.430 e. The zero-order valence-electron chi connectivity index (χ0n) is 19.8. The number of imide groups is 1. The summed E-state index contributed by atoms with van der Waals surface area (Å²) in [7, 11) is 0. The normalized spacial score (nSPS) is 17.6. The summed E-state index contributed by atoms with van der Waals surface area (Å²) in [5.74, 6) is -0.807. The van der Waals surface area contributed by atoms with Gasteiger partial charge in [0.05, 0.1) is 5.92 Å². The molecule has 2 atom stereocenters. The molecule has 35 heavy (non-hydrogen) atoms. The van der Waals surface area contributed by atoms with Crippen LogP contribution in [0.1, 0.15) is 46.7 Å². The highest BCUT2D eigenvalue weighted by Crippen LogP contribution is 2.53. The van der Waals surface area contributed by atoms with Crippen molar-refractivity contribution in [3.63, 3.8) is 0 Å². The molecule has 174 valence electrons. The second-order valence-corrected chi connectivity index (χ2v) is 8.99. The van der Waals surface area contributed by atoms with Crippen LogP contribution in [-0.4, -0.2) is 16.9 Å². The highest BCUT2D eigenvalue weighted by atomic mass is 16.6. The number of hydrogen-bond acceptors (Lipinski definition) is 3. The predicted molar refractivity (Wildman–Crippen MR) is 136 cm³/mol. The first-order valence-corrected chi connectivity index (χ1v) is 11.8. The first-order valence-electron chi connectivity index (χ1n) is 11.8. The van der Waals surface area contributed by atoms with Crippen LogP contribution < -0.4 is 0 Å². The van der Waals surface area contributed by atoms with Crippen LogP contribution in [0.3, 0.4) is 0 Å². The number of amides is 2. The van der Waals surface area contributed by atoms with Crippen LogP contribution in [0.25, 0.3) is 0 Å². The fourth-order valence-corrected chi connectivity index (χ4v) is 4.94. The van der Waals surface area contributed by atoms with Crippen LogP contribution >= 0.6 is 0 Å². The molecule has 1 saturated heterocycles. The van der Waals surface area contributed by atoms with Gasteiger partial charge < -0.3 is 4.74 Å². The van der Waals surface area contributed by atoms with E-state index in [2.05, 4.69) is 0 Å². The third-order valence-electron chi connectivity index (χ3n) is 6.79. The Balaban J connectivity index is 1.71. The molecular weight excluding hydrogens is 434 g/mol. The molecule has 2 amide bonds. The summed E-state index contributed by atoms with van der Waals surface area (Å²) in [4.78, 5) is 29.0. The van der Waals surface area contributed by atoms with E-state index < -0.39 is 23.7 Å². The molecule has 5 rings (SSSR count). The summed E-state index contributed by atoms with van der Waals surface area (Å²) in [5, 5.41) is 0. The Morgan fingerprint density at radius 3 is 1.77 bits per heavy atom. The minimum atomic E-state index is -1.19. The largest absolute Gasteiger partial charge is 0.430 e. The van der Waals surface area contributed by atoms with E-state index >= 15 is 0 Å². The van der Waals surface area contributed by atoms with Crippen LogP contribution in [0.15, 0.2) is 115 Å². The number of carbonyl (C=O) groups excluding carboxylic acids is 2. The average Bonchev–Trinajstić information content (AvgIpc) is 3.23. The monoisotopic (exact) mass is 461 g/mol. The molecule has 0 unspecified atom stereocenters. The van der Waals surface area contributed by atoms with Gasteiger partial charge in [-0.1, -0.05) is 121 Å². The van der Waals surface area contributed by atoms with Crippen LogP contribution in [0.4, 0.5) is 4.79 Å². The van der Waals surface area contributed by atoms with Gasteiger partial charge in [0.2, 0.25) is 5.91 Å². The van der Waals surface area contributed by atoms with E-state index in [-0.39, 0.29) is 5.91 Å². The van der Waals surface area contributed by atoms with Crippen LogP contribution in [-0.2, 0) is 15.1 Å². The van der Waals surface area contributed by atoms with Crippen molar-refractivity contribution < 1.29 is 14.3 Å². The maximum absolute atomic E-state index is 14.0. The fraction of sp³-hybridized carbons (Fsp3) is 0.161. The average molecular weight is 462 g/mol. The zero-order valence-corrected chi connectivity index (χ0v) is 19.8. The second kappa shape index (κ2) is 9.22. The molecule has 0 aliphatic carbocycles. The molecule has 4 heteroatoms. The van der Waals surface area contributed by atoms with Gasteiger partial charge in [-0.2, -0.15) is 0 Å². The van der Waals surface area contributed by atoms with Crippen molar-refractivity contribution in [1.82, 2.24) is 4.90 Å². The molecular formula is C31H27NO3. The number of rotatable bonds is 5. The summed E-state index contributed by atoms with van der Waals surface area (Å²) >= 11 is 0. The first kappa shape index (κ1) is 22.6. The summed E-state index contributed by atoms with van der Waals surface area (Å²) < 4.78 is 6.29. The molecule has 4 nitrogen and oxygen atoms in total. The number of nitrogens with zero attached hydrogens (tertiary/aromatic N) is 1. The van der Waals surface area contributed by atoms with E-state index in [1.807, 2.05) is 129 Å². The molecule has 0 saturated carbocycles.